The molecule has 2 aliphatic heterocycles. The van der Waals surface area contributed by atoms with Crippen molar-refractivity contribution in [2.24, 2.45) is 11.8 Å². The van der Waals surface area contributed by atoms with Gasteiger partial charge < -0.3 is 10.2 Å². The minimum Gasteiger partial charge on any atom is -0.369 e. The largest absolute Gasteiger partial charge is 0.416 e. The van der Waals surface area contributed by atoms with Crippen molar-refractivity contribution in [2.45, 2.75) is 44.3 Å². The van der Waals surface area contributed by atoms with E-state index in [9.17, 15) is 18.0 Å². The zero-order chi connectivity index (χ0) is 19.7. The van der Waals surface area contributed by atoms with Gasteiger partial charge in [0.25, 0.3) is 0 Å². The van der Waals surface area contributed by atoms with Gasteiger partial charge in [-0.3, -0.25) is 9.69 Å². The van der Waals surface area contributed by atoms with Gasteiger partial charge >= 0.3 is 6.18 Å². The van der Waals surface area contributed by atoms with Crippen molar-refractivity contribution in [3.05, 3.63) is 29.8 Å². The van der Waals surface area contributed by atoms with Crippen LogP contribution in [-0.2, 0) is 11.0 Å². The predicted molar refractivity (Wildman–Crippen MR) is 102 cm³/mol. The highest BCUT2D eigenvalue weighted by molar-refractivity contribution is 5.81. The summed E-state index contributed by atoms with van der Waals surface area (Å²) in [7, 11) is 0. The van der Waals surface area contributed by atoms with Crippen LogP contribution in [0.4, 0.5) is 18.9 Å². The SMILES string of the molecule is O=C1NC2CCCCC2C1CCN1CCN(c2cccc(C(F)(F)F)c2)CC1. The Bertz CT molecular complexity index is 700. The highest BCUT2D eigenvalue weighted by Gasteiger charge is 2.42. The zero-order valence-electron chi connectivity index (χ0n) is 16.0. The standard InChI is InChI=1S/C21H28F3N3O/c22-21(23,24)15-4-3-5-16(14-15)27-12-10-26(11-13-27)9-8-18-17-6-1-2-7-19(17)25-20(18)28/h3-5,14,17-19H,1-2,6-13H2,(H,25,28). The minimum absolute atomic E-state index is 0.131. The number of rotatable bonds is 4. The Kier molecular flexibility index (Phi) is 5.54. The number of nitrogens with zero attached hydrogens (tertiary/aromatic N) is 2. The molecule has 1 saturated carbocycles. The van der Waals surface area contributed by atoms with Crippen LogP contribution >= 0.6 is 0 Å². The van der Waals surface area contributed by atoms with Gasteiger partial charge in [-0.05, 0) is 49.9 Å². The van der Waals surface area contributed by atoms with Gasteiger partial charge in [0.1, 0.15) is 0 Å². The Morgan fingerprint density at radius 2 is 1.82 bits per heavy atom. The molecule has 28 heavy (non-hydrogen) atoms. The van der Waals surface area contributed by atoms with Crippen LogP contribution in [0.2, 0.25) is 0 Å². The average molecular weight is 395 g/mol. The number of hydrogen-bond acceptors (Lipinski definition) is 3. The first-order valence-corrected chi connectivity index (χ1v) is 10.4. The van der Waals surface area contributed by atoms with Crippen molar-refractivity contribution in [2.75, 3.05) is 37.6 Å². The molecule has 4 rings (SSSR count). The molecule has 2 heterocycles. The topological polar surface area (TPSA) is 35.6 Å². The number of halogens is 3. The van der Waals surface area contributed by atoms with Gasteiger partial charge in [-0.1, -0.05) is 18.9 Å². The Labute approximate surface area is 164 Å². The average Bonchev–Trinajstić information content (AvgIpc) is 3.01. The Hall–Kier alpha value is -1.76. The summed E-state index contributed by atoms with van der Waals surface area (Å²) in [4.78, 5) is 16.7. The molecule has 0 aromatic heterocycles. The quantitative estimate of drug-likeness (QED) is 0.847. The van der Waals surface area contributed by atoms with Crippen LogP contribution in [0.25, 0.3) is 0 Å². The number of carbonyl (C=O) groups is 1. The maximum absolute atomic E-state index is 12.9. The second-order valence-electron chi connectivity index (χ2n) is 8.34. The molecule has 2 saturated heterocycles. The lowest BCUT2D eigenvalue weighted by Crippen LogP contribution is -2.47. The summed E-state index contributed by atoms with van der Waals surface area (Å²) in [6.45, 7) is 3.95. The molecule has 0 bridgehead atoms. The molecule has 1 aromatic carbocycles. The summed E-state index contributed by atoms with van der Waals surface area (Å²) in [6, 6.07) is 5.96. The molecule has 0 spiro atoms. The summed E-state index contributed by atoms with van der Waals surface area (Å²) in [6.07, 6.45) is 1.28. The van der Waals surface area contributed by atoms with Gasteiger partial charge in [-0.15, -0.1) is 0 Å². The molecular weight excluding hydrogens is 367 g/mol. The molecule has 0 radical (unpaired) electrons. The summed E-state index contributed by atoms with van der Waals surface area (Å²) >= 11 is 0. The third-order valence-electron chi connectivity index (χ3n) is 6.67. The molecule has 154 valence electrons. The van der Waals surface area contributed by atoms with Crippen molar-refractivity contribution < 1.29 is 18.0 Å². The Balaban J connectivity index is 1.28. The van der Waals surface area contributed by atoms with Gasteiger partial charge in [-0.25, -0.2) is 0 Å². The first-order valence-electron chi connectivity index (χ1n) is 10.4. The van der Waals surface area contributed by atoms with Crippen LogP contribution in [0.15, 0.2) is 24.3 Å². The highest BCUT2D eigenvalue weighted by Crippen LogP contribution is 2.37. The van der Waals surface area contributed by atoms with Gasteiger partial charge in [0.05, 0.1) is 5.56 Å². The lowest BCUT2D eigenvalue weighted by molar-refractivity contribution is -0.137. The molecule has 3 aliphatic rings. The van der Waals surface area contributed by atoms with Crippen molar-refractivity contribution in [1.29, 1.82) is 0 Å². The number of anilines is 1. The molecule has 7 heteroatoms. The number of benzene rings is 1. The maximum Gasteiger partial charge on any atom is 0.416 e. The summed E-state index contributed by atoms with van der Waals surface area (Å²) in [5.74, 6) is 0.846. The van der Waals surface area contributed by atoms with E-state index < -0.39 is 11.7 Å². The van der Waals surface area contributed by atoms with E-state index in [1.54, 1.807) is 6.07 Å². The third-order valence-corrected chi connectivity index (χ3v) is 6.67. The van der Waals surface area contributed by atoms with E-state index in [2.05, 4.69) is 10.2 Å². The van der Waals surface area contributed by atoms with Crippen molar-refractivity contribution >= 4 is 11.6 Å². The Morgan fingerprint density at radius 3 is 2.57 bits per heavy atom. The molecule has 1 aromatic rings. The van der Waals surface area contributed by atoms with Crippen LogP contribution in [0.5, 0.6) is 0 Å². The third kappa shape index (κ3) is 4.14. The van der Waals surface area contributed by atoms with E-state index in [1.807, 2.05) is 4.90 Å². The molecule has 1 N–H and O–H groups in total. The lowest BCUT2D eigenvalue weighted by Gasteiger charge is -2.37. The number of alkyl halides is 3. The first kappa shape index (κ1) is 19.6. The number of piperazine rings is 1. The lowest BCUT2D eigenvalue weighted by atomic mass is 9.78. The molecule has 1 amide bonds. The number of fused-ring (bicyclic) bond motifs is 1. The van der Waals surface area contributed by atoms with E-state index >= 15 is 0 Å². The zero-order valence-corrected chi connectivity index (χ0v) is 16.0. The van der Waals surface area contributed by atoms with E-state index in [0.717, 1.165) is 45.0 Å². The first-order chi connectivity index (χ1) is 13.4. The van der Waals surface area contributed by atoms with Crippen molar-refractivity contribution in [3.63, 3.8) is 0 Å². The number of carbonyl (C=O) groups excluding carboxylic acids is 1. The smallest absolute Gasteiger partial charge is 0.369 e. The Morgan fingerprint density at radius 1 is 1.07 bits per heavy atom. The fraction of sp³-hybridized carbons (Fsp3) is 0.667. The number of nitrogens with one attached hydrogen (secondary N) is 1. The minimum atomic E-state index is -4.31. The fourth-order valence-corrected chi connectivity index (χ4v) is 5.08. The van der Waals surface area contributed by atoms with Gasteiger partial charge in [0.15, 0.2) is 0 Å². The monoisotopic (exact) mass is 395 g/mol. The molecule has 3 fully saturated rings. The van der Waals surface area contributed by atoms with Gasteiger partial charge in [0.2, 0.25) is 5.91 Å². The van der Waals surface area contributed by atoms with Crippen molar-refractivity contribution in [3.8, 4) is 0 Å². The van der Waals surface area contributed by atoms with Gasteiger partial charge in [0, 0.05) is 43.8 Å². The second-order valence-corrected chi connectivity index (χ2v) is 8.34. The van der Waals surface area contributed by atoms with E-state index in [0.29, 0.717) is 30.7 Å². The molecule has 1 aliphatic carbocycles. The highest BCUT2D eigenvalue weighted by atomic mass is 19.4. The van der Waals surface area contributed by atoms with E-state index in [1.165, 1.54) is 25.0 Å². The fourth-order valence-electron chi connectivity index (χ4n) is 5.08. The number of amides is 1. The summed E-state index contributed by atoms with van der Waals surface area (Å²) in [5, 5.41) is 3.18. The van der Waals surface area contributed by atoms with Gasteiger partial charge in [-0.2, -0.15) is 13.2 Å². The van der Waals surface area contributed by atoms with Crippen LogP contribution in [0.3, 0.4) is 0 Å². The van der Waals surface area contributed by atoms with Crippen LogP contribution in [0, 0.1) is 11.8 Å². The molecule has 3 unspecified atom stereocenters. The molecule has 4 nitrogen and oxygen atoms in total. The summed E-state index contributed by atoms with van der Waals surface area (Å²) in [5.41, 5.74) is 0.0383. The van der Waals surface area contributed by atoms with Crippen molar-refractivity contribution in [1.82, 2.24) is 10.2 Å². The van der Waals surface area contributed by atoms with Crippen LogP contribution in [-0.4, -0.2) is 49.6 Å². The maximum atomic E-state index is 12.9. The predicted octanol–water partition coefficient (Wildman–Crippen LogP) is 3.52. The summed E-state index contributed by atoms with van der Waals surface area (Å²) < 4.78 is 38.8. The number of hydrogen-bond donors (Lipinski definition) is 1. The van der Waals surface area contributed by atoms with E-state index in [-0.39, 0.29) is 11.8 Å². The van der Waals surface area contributed by atoms with Crippen LogP contribution in [0.1, 0.15) is 37.7 Å². The van der Waals surface area contributed by atoms with E-state index in [4.69, 9.17) is 0 Å². The molecule has 3 atom stereocenters. The van der Waals surface area contributed by atoms with Crippen LogP contribution < -0.4 is 10.2 Å². The molecular formula is C21H28F3N3O. The normalized spacial score (nSPS) is 28.9. The second kappa shape index (κ2) is 7.93.